The Hall–Kier alpha value is -5.26. The van der Waals surface area contributed by atoms with Gasteiger partial charge < -0.3 is 10.2 Å². The van der Waals surface area contributed by atoms with Crippen LogP contribution < -0.4 is 10.6 Å². The molecule has 2 saturated heterocycles. The molecular formula is C37H37N7O5. The molecule has 250 valence electrons. The summed E-state index contributed by atoms with van der Waals surface area (Å²) in [7, 11) is 0. The van der Waals surface area contributed by atoms with Gasteiger partial charge in [0.15, 0.2) is 11.6 Å². The van der Waals surface area contributed by atoms with Crippen LogP contribution in [0.1, 0.15) is 84.5 Å². The molecule has 2 N–H and O–H groups in total. The molecule has 49 heavy (non-hydrogen) atoms. The van der Waals surface area contributed by atoms with Crippen molar-refractivity contribution in [1.82, 2.24) is 30.0 Å². The third-order valence-electron chi connectivity index (χ3n) is 10.7. The Morgan fingerprint density at radius 2 is 1.78 bits per heavy atom. The fourth-order valence-corrected chi connectivity index (χ4v) is 7.86. The van der Waals surface area contributed by atoms with E-state index in [-0.39, 0.29) is 47.8 Å². The van der Waals surface area contributed by atoms with Crippen LogP contribution in [0.4, 0.5) is 5.69 Å². The van der Waals surface area contributed by atoms with Gasteiger partial charge in [-0.3, -0.25) is 39.0 Å². The lowest BCUT2D eigenvalue weighted by Gasteiger charge is -2.40. The number of aromatic nitrogens is 4. The molecule has 3 atom stereocenters. The number of imide groups is 1. The zero-order chi connectivity index (χ0) is 33.7. The van der Waals surface area contributed by atoms with E-state index in [2.05, 4.69) is 31.8 Å². The average molecular weight is 660 g/mol. The lowest BCUT2D eigenvalue weighted by molar-refractivity contribution is -0.138. The van der Waals surface area contributed by atoms with E-state index in [1.165, 1.54) is 0 Å². The monoisotopic (exact) mass is 659 g/mol. The van der Waals surface area contributed by atoms with Gasteiger partial charge in [0.25, 0.3) is 0 Å². The number of hydrogen-bond acceptors (Lipinski definition) is 9. The zero-order valence-corrected chi connectivity index (χ0v) is 27.1. The number of Topliss-reactive ketones (excluding diaryl/α,β-unsaturated/α-hetero) is 2. The molecule has 12 heteroatoms. The fraction of sp³-hybridized carbons (Fsp3) is 0.405. The predicted molar refractivity (Wildman–Crippen MR) is 180 cm³/mol. The topological polar surface area (TPSA) is 156 Å². The summed E-state index contributed by atoms with van der Waals surface area (Å²) in [5.41, 5.74) is 4.72. The normalized spacial score (nSPS) is 22.8. The minimum atomic E-state index is -1.08. The van der Waals surface area contributed by atoms with Crippen molar-refractivity contribution in [3.63, 3.8) is 0 Å². The van der Waals surface area contributed by atoms with Gasteiger partial charge in [-0.05, 0) is 75.3 Å². The van der Waals surface area contributed by atoms with Crippen LogP contribution in [0.3, 0.4) is 0 Å². The van der Waals surface area contributed by atoms with Crippen molar-refractivity contribution in [1.29, 1.82) is 0 Å². The number of fused-ring (bicyclic) bond motifs is 2. The van der Waals surface area contributed by atoms with Gasteiger partial charge in [-0.15, -0.1) is 0 Å². The Kier molecular flexibility index (Phi) is 7.80. The maximum absolute atomic E-state index is 13.4. The third kappa shape index (κ3) is 5.78. The maximum Gasteiger partial charge on any atom is 0.230 e. The van der Waals surface area contributed by atoms with Crippen LogP contribution in [-0.2, 0) is 14.4 Å². The van der Waals surface area contributed by atoms with Crippen LogP contribution in [0.2, 0.25) is 0 Å². The largest absolute Gasteiger partial charge is 0.385 e. The van der Waals surface area contributed by atoms with Gasteiger partial charge >= 0.3 is 0 Å². The average Bonchev–Trinajstić information content (AvgIpc) is 3.58. The first-order valence-electron chi connectivity index (χ1n) is 17.2. The second-order valence-corrected chi connectivity index (χ2v) is 13.8. The predicted octanol–water partition coefficient (Wildman–Crippen LogP) is 4.52. The fourth-order valence-electron chi connectivity index (χ4n) is 7.86. The van der Waals surface area contributed by atoms with E-state index in [1.807, 2.05) is 35.1 Å². The Morgan fingerprint density at radius 3 is 2.59 bits per heavy atom. The second kappa shape index (κ2) is 12.3. The molecule has 1 saturated carbocycles. The molecule has 0 bridgehead atoms. The summed E-state index contributed by atoms with van der Waals surface area (Å²) < 4.78 is 2.04. The minimum Gasteiger partial charge on any atom is -0.385 e. The number of nitrogens with zero attached hydrogens (tertiary/aromatic N) is 5. The molecule has 4 aromatic rings. The number of unbranched alkanes of at least 4 members (excludes halogenated alkanes) is 1. The number of carbonyl (C=O) groups is 5. The van der Waals surface area contributed by atoms with Crippen molar-refractivity contribution in [2.75, 3.05) is 18.4 Å². The second-order valence-electron chi connectivity index (χ2n) is 13.8. The van der Waals surface area contributed by atoms with E-state index < -0.39 is 17.7 Å². The Bertz CT molecular complexity index is 2020. The summed E-state index contributed by atoms with van der Waals surface area (Å²) in [5, 5.41) is 10.3. The quantitative estimate of drug-likeness (QED) is 0.150. The van der Waals surface area contributed by atoms with Crippen molar-refractivity contribution in [2.24, 2.45) is 11.8 Å². The summed E-state index contributed by atoms with van der Waals surface area (Å²) in [6.45, 7) is 1.33. The van der Waals surface area contributed by atoms with Crippen LogP contribution in [0.15, 0.2) is 61.1 Å². The highest BCUT2D eigenvalue weighted by molar-refractivity contribution is 6.28. The van der Waals surface area contributed by atoms with Crippen LogP contribution in [-0.4, -0.2) is 72.6 Å². The number of para-hydroxylation sites is 2. The minimum absolute atomic E-state index is 0.0762. The SMILES string of the molecule is O=C1CCC(C2C(=O)c3ccc(NCCCCC(=O)N4CCC(n5cc(-c6cnc7ccccc7n6)cn5)CC45CC5)cc3C2=O)C(=O)N1. The summed E-state index contributed by atoms with van der Waals surface area (Å²) >= 11 is 0. The molecule has 8 rings (SSSR count). The molecule has 3 amide bonds. The van der Waals surface area contributed by atoms with Crippen molar-refractivity contribution in [3.8, 4) is 11.3 Å². The van der Waals surface area contributed by atoms with E-state index in [9.17, 15) is 24.0 Å². The van der Waals surface area contributed by atoms with Gasteiger partial charge in [-0.2, -0.15) is 5.10 Å². The van der Waals surface area contributed by atoms with Crippen LogP contribution in [0.25, 0.3) is 22.3 Å². The van der Waals surface area contributed by atoms with Crippen LogP contribution in [0.5, 0.6) is 0 Å². The highest BCUT2D eigenvalue weighted by Gasteiger charge is 2.53. The lowest BCUT2D eigenvalue weighted by Crippen LogP contribution is -2.48. The number of carbonyl (C=O) groups excluding carboxylic acids is 5. The number of piperidine rings is 2. The van der Waals surface area contributed by atoms with Gasteiger partial charge in [-0.25, -0.2) is 4.98 Å². The third-order valence-corrected chi connectivity index (χ3v) is 10.7. The maximum atomic E-state index is 13.4. The van der Waals surface area contributed by atoms with Gasteiger partial charge in [0, 0.05) is 60.0 Å². The van der Waals surface area contributed by atoms with E-state index in [1.54, 1.807) is 24.4 Å². The highest BCUT2D eigenvalue weighted by atomic mass is 16.2. The van der Waals surface area contributed by atoms with Gasteiger partial charge in [0.2, 0.25) is 17.7 Å². The molecule has 1 spiro atoms. The number of ketones is 2. The van der Waals surface area contributed by atoms with E-state index in [0.29, 0.717) is 36.3 Å². The van der Waals surface area contributed by atoms with Gasteiger partial charge in [-0.1, -0.05) is 12.1 Å². The number of hydrogen-bond donors (Lipinski definition) is 2. The number of benzene rings is 2. The van der Waals surface area contributed by atoms with Crippen LogP contribution >= 0.6 is 0 Å². The number of anilines is 1. The Morgan fingerprint density at radius 1 is 0.959 bits per heavy atom. The molecule has 2 aliphatic heterocycles. The van der Waals surface area contributed by atoms with E-state index in [0.717, 1.165) is 60.8 Å². The molecule has 0 radical (unpaired) electrons. The number of nitrogens with one attached hydrogen (secondary N) is 2. The molecule has 2 aromatic heterocycles. The summed E-state index contributed by atoms with van der Waals surface area (Å²) in [6, 6.07) is 13.1. The molecule has 4 aliphatic rings. The van der Waals surface area contributed by atoms with E-state index >= 15 is 0 Å². The Balaban J connectivity index is 0.817. The molecular weight excluding hydrogens is 622 g/mol. The van der Waals surface area contributed by atoms with Gasteiger partial charge in [0.05, 0.1) is 47.0 Å². The first-order valence-corrected chi connectivity index (χ1v) is 17.2. The van der Waals surface area contributed by atoms with Crippen molar-refractivity contribution in [3.05, 3.63) is 72.2 Å². The van der Waals surface area contributed by atoms with E-state index in [4.69, 9.17) is 4.98 Å². The van der Waals surface area contributed by atoms with Crippen LogP contribution in [0, 0.1) is 11.8 Å². The zero-order valence-electron chi connectivity index (χ0n) is 27.1. The molecule has 2 aromatic carbocycles. The number of rotatable bonds is 9. The number of likely N-dealkylation sites (tertiary alicyclic amines) is 1. The standard InChI is InChI=1S/C37H37N7O5/c45-31-11-10-26(36(49)42-31)33-34(47)25-9-8-23(17-27(25)35(33)48)38-15-4-3-7-32(46)43-16-12-24(18-37(43)13-14-37)44-21-22(19-40-44)30-20-39-28-5-1-2-6-29(28)41-30/h1-2,5-6,8-9,17,19-21,24,26,33,38H,3-4,7,10-16,18H2,(H,42,45,49). The lowest BCUT2D eigenvalue weighted by atomic mass is 9.82. The molecule has 12 nitrogen and oxygen atoms in total. The van der Waals surface area contributed by atoms with Gasteiger partial charge in [0.1, 0.15) is 0 Å². The van der Waals surface area contributed by atoms with Crippen molar-refractivity contribution in [2.45, 2.75) is 69.4 Å². The first kappa shape index (κ1) is 31.0. The molecule has 2 aliphatic carbocycles. The molecule has 3 unspecified atom stereocenters. The first-order chi connectivity index (χ1) is 23.8. The summed E-state index contributed by atoms with van der Waals surface area (Å²) in [5.74, 6) is -3.36. The molecule has 3 fully saturated rings. The molecule has 4 heterocycles. The number of amides is 3. The summed E-state index contributed by atoms with van der Waals surface area (Å²) in [6.07, 6.45) is 11.8. The highest BCUT2D eigenvalue weighted by Crippen LogP contribution is 2.51. The van der Waals surface area contributed by atoms with Crippen molar-refractivity contribution >= 4 is 46.0 Å². The summed E-state index contributed by atoms with van der Waals surface area (Å²) in [4.78, 5) is 74.9. The van der Waals surface area contributed by atoms with Crippen molar-refractivity contribution < 1.29 is 24.0 Å². The smallest absolute Gasteiger partial charge is 0.230 e. The Labute approximate surface area is 282 Å².